The molecule has 180 valence electrons. The Morgan fingerprint density at radius 1 is 1.21 bits per heavy atom. The van der Waals surface area contributed by atoms with Crippen LogP contribution in [0.5, 0.6) is 0 Å². The van der Waals surface area contributed by atoms with Crippen LogP contribution in [0, 0.1) is 11.3 Å². The van der Waals surface area contributed by atoms with Gasteiger partial charge in [-0.2, -0.15) is 0 Å². The van der Waals surface area contributed by atoms with Gasteiger partial charge in [-0.05, 0) is 67.3 Å². The molecule has 0 spiro atoms. The van der Waals surface area contributed by atoms with E-state index in [0.717, 1.165) is 55.0 Å². The number of halogens is 1. The first-order valence-electron chi connectivity index (χ1n) is 12.2. The maximum absolute atomic E-state index is 13.6. The number of hydrogen-bond donors (Lipinski definition) is 1. The Morgan fingerprint density at radius 2 is 1.91 bits per heavy atom. The summed E-state index contributed by atoms with van der Waals surface area (Å²) < 4.78 is 0. The smallest absolute Gasteiger partial charge is 0.245 e. The minimum Gasteiger partial charge on any atom is -0.350 e. The Labute approximate surface area is 207 Å². The number of aromatic nitrogens is 1. The number of thiazole rings is 1. The lowest BCUT2D eigenvalue weighted by Crippen LogP contribution is -2.53. The first-order valence-corrected chi connectivity index (χ1v) is 13.5. The molecule has 0 bridgehead atoms. The van der Waals surface area contributed by atoms with Gasteiger partial charge in [0.25, 0.3) is 0 Å². The van der Waals surface area contributed by atoms with Gasteiger partial charge in [-0.1, -0.05) is 51.4 Å². The molecule has 2 aliphatic heterocycles. The van der Waals surface area contributed by atoms with E-state index in [0.29, 0.717) is 5.92 Å². The molecule has 1 aromatic carbocycles. The van der Waals surface area contributed by atoms with Crippen molar-refractivity contribution in [1.82, 2.24) is 14.8 Å². The Hall–Kier alpha value is -1.63. The lowest BCUT2D eigenvalue weighted by molar-refractivity contribution is -0.136. The second-order valence-electron chi connectivity index (χ2n) is 10.6. The molecule has 33 heavy (non-hydrogen) atoms. The average Bonchev–Trinajstić information content (AvgIpc) is 3.44. The maximum Gasteiger partial charge on any atom is 0.245 e. The fourth-order valence-electron chi connectivity index (χ4n) is 5.32. The summed E-state index contributed by atoms with van der Waals surface area (Å²) in [4.78, 5) is 22.9. The van der Waals surface area contributed by atoms with E-state index in [-0.39, 0.29) is 23.3 Å². The van der Waals surface area contributed by atoms with Crippen LogP contribution in [0.25, 0.3) is 0 Å². The zero-order valence-corrected chi connectivity index (χ0v) is 21.9. The van der Waals surface area contributed by atoms with E-state index in [2.05, 4.69) is 60.3 Å². The number of nitrogens with zero attached hydrogens (tertiary/aromatic N) is 3. The second-order valence-corrected chi connectivity index (χ2v) is 11.9. The van der Waals surface area contributed by atoms with E-state index in [4.69, 9.17) is 16.6 Å². The van der Waals surface area contributed by atoms with Crippen molar-refractivity contribution < 1.29 is 4.79 Å². The van der Waals surface area contributed by atoms with Gasteiger partial charge in [0.2, 0.25) is 5.91 Å². The van der Waals surface area contributed by atoms with Gasteiger partial charge in [-0.25, -0.2) is 4.98 Å². The van der Waals surface area contributed by atoms with Crippen molar-refractivity contribution >= 4 is 34.0 Å². The summed E-state index contributed by atoms with van der Waals surface area (Å²) >= 11 is 7.71. The molecule has 5 nitrogen and oxygen atoms in total. The molecular formula is C26H37ClN4OS. The van der Waals surface area contributed by atoms with Gasteiger partial charge in [0.1, 0.15) is 6.04 Å². The van der Waals surface area contributed by atoms with Crippen LogP contribution in [0.1, 0.15) is 64.1 Å². The van der Waals surface area contributed by atoms with Crippen LogP contribution >= 0.6 is 22.9 Å². The van der Waals surface area contributed by atoms with Gasteiger partial charge in [-0.3, -0.25) is 9.69 Å². The molecule has 7 heteroatoms. The lowest BCUT2D eigenvalue weighted by atomic mass is 9.70. The van der Waals surface area contributed by atoms with Gasteiger partial charge in [-0.15, -0.1) is 11.3 Å². The van der Waals surface area contributed by atoms with Crippen molar-refractivity contribution in [3.8, 4) is 0 Å². The molecule has 3 heterocycles. The number of likely N-dealkylation sites (tertiary alicyclic amines) is 2. The van der Waals surface area contributed by atoms with Crippen LogP contribution in [0.4, 0.5) is 5.13 Å². The van der Waals surface area contributed by atoms with Gasteiger partial charge >= 0.3 is 0 Å². The van der Waals surface area contributed by atoms with Crippen LogP contribution in [0.2, 0.25) is 5.02 Å². The molecule has 0 saturated carbocycles. The SMILES string of the molecule is CC(C)[C@@H](Nc1nc(CN2CCCC2)cs1)C(=O)N1CCC(c2ccc(Cl)cc2)C(C)(C)C1. The average molecular weight is 489 g/mol. The third kappa shape index (κ3) is 5.90. The molecule has 4 rings (SSSR count). The number of anilines is 1. The Morgan fingerprint density at radius 3 is 2.55 bits per heavy atom. The van der Waals surface area contributed by atoms with Crippen molar-refractivity contribution in [2.24, 2.45) is 11.3 Å². The molecule has 2 aliphatic rings. The van der Waals surface area contributed by atoms with Crippen LogP contribution in [0.3, 0.4) is 0 Å². The number of rotatable bonds is 7. The molecule has 1 aromatic heterocycles. The van der Waals surface area contributed by atoms with Gasteiger partial charge < -0.3 is 10.2 Å². The zero-order chi connectivity index (χ0) is 23.6. The molecule has 1 amide bonds. The maximum atomic E-state index is 13.6. The molecule has 1 N–H and O–H groups in total. The molecule has 2 atom stereocenters. The number of piperidine rings is 1. The van der Waals surface area contributed by atoms with E-state index in [9.17, 15) is 4.79 Å². The minimum atomic E-state index is -0.265. The quantitative estimate of drug-likeness (QED) is 0.529. The number of amides is 1. The standard InChI is InChI=1S/C26H37ClN4OS/c1-18(2)23(29-25-28-21(16-33-25)15-30-12-5-6-13-30)24(32)31-14-11-22(26(3,4)17-31)19-7-9-20(27)10-8-19/h7-10,16,18,22-23H,5-6,11-15,17H2,1-4H3,(H,28,29)/t22?,23-/m1/s1. The molecule has 2 saturated heterocycles. The number of hydrogen-bond acceptors (Lipinski definition) is 5. The summed E-state index contributed by atoms with van der Waals surface area (Å²) in [5.41, 5.74) is 2.40. The third-order valence-electron chi connectivity index (χ3n) is 7.16. The predicted molar refractivity (Wildman–Crippen MR) is 138 cm³/mol. The number of carbonyl (C=O) groups is 1. The van der Waals surface area contributed by atoms with Crippen molar-refractivity contribution in [2.45, 2.75) is 65.5 Å². The van der Waals surface area contributed by atoms with Crippen LogP contribution in [-0.4, -0.2) is 52.9 Å². The molecule has 1 unspecified atom stereocenters. The van der Waals surface area contributed by atoms with E-state index in [1.807, 2.05) is 12.1 Å². The van der Waals surface area contributed by atoms with Gasteiger partial charge in [0.05, 0.1) is 5.69 Å². The highest BCUT2D eigenvalue weighted by Gasteiger charge is 2.40. The highest BCUT2D eigenvalue weighted by Crippen LogP contribution is 2.42. The fraction of sp³-hybridized carbons (Fsp3) is 0.615. The summed E-state index contributed by atoms with van der Waals surface area (Å²) in [7, 11) is 0. The van der Waals surface area contributed by atoms with Crippen molar-refractivity contribution in [2.75, 3.05) is 31.5 Å². The van der Waals surface area contributed by atoms with Crippen molar-refractivity contribution in [3.05, 3.63) is 45.9 Å². The number of carbonyl (C=O) groups excluding carboxylic acids is 1. The molecule has 0 radical (unpaired) electrons. The van der Waals surface area contributed by atoms with E-state index < -0.39 is 0 Å². The number of benzene rings is 1. The van der Waals surface area contributed by atoms with E-state index >= 15 is 0 Å². The van der Waals surface area contributed by atoms with E-state index in [1.54, 1.807) is 11.3 Å². The van der Waals surface area contributed by atoms with Crippen LogP contribution < -0.4 is 5.32 Å². The van der Waals surface area contributed by atoms with Gasteiger partial charge in [0.15, 0.2) is 5.13 Å². The minimum absolute atomic E-state index is 0.00660. The Bertz CT molecular complexity index is 936. The lowest BCUT2D eigenvalue weighted by Gasteiger charge is -2.45. The van der Waals surface area contributed by atoms with Crippen molar-refractivity contribution in [1.29, 1.82) is 0 Å². The molecule has 2 aromatic rings. The summed E-state index contributed by atoms with van der Waals surface area (Å²) in [5, 5.41) is 7.23. The normalized spacial score (nSPS) is 22.0. The zero-order valence-electron chi connectivity index (χ0n) is 20.3. The molecule has 0 aliphatic carbocycles. The topological polar surface area (TPSA) is 48.5 Å². The fourth-order valence-corrected chi connectivity index (χ4v) is 6.18. The Kier molecular flexibility index (Phi) is 7.66. The molecule has 2 fully saturated rings. The third-order valence-corrected chi connectivity index (χ3v) is 8.24. The molecular weight excluding hydrogens is 452 g/mol. The van der Waals surface area contributed by atoms with Crippen LogP contribution in [0.15, 0.2) is 29.6 Å². The largest absolute Gasteiger partial charge is 0.350 e. The summed E-state index contributed by atoms with van der Waals surface area (Å²) in [5.74, 6) is 0.779. The monoisotopic (exact) mass is 488 g/mol. The first-order chi connectivity index (χ1) is 15.7. The predicted octanol–water partition coefficient (Wildman–Crippen LogP) is 5.87. The van der Waals surface area contributed by atoms with Crippen LogP contribution in [-0.2, 0) is 11.3 Å². The summed E-state index contributed by atoms with van der Waals surface area (Å²) in [6.45, 7) is 13.5. The van der Waals surface area contributed by atoms with Crippen molar-refractivity contribution in [3.63, 3.8) is 0 Å². The highest BCUT2D eigenvalue weighted by atomic mass is 35.5. The highest BCUT2D eigenvalue weighted by molar-refractivity contribution is 7.13. The van der Waals surface area contributed by atoms with E-state index in [1.165, 1.54) is 18.4 Å². The Balaban J connectivity index is 1.41. The van der Waals surface area contributed by atoms with Gasteiger partial charge in [0, 0.05) is 30.0 Å². The number of nitrogens with one attached hydrogen (secondary N) is 1. The second kappa shape index (κ2) is 10.3. The summed E-state index contributed by atoms with van der Waals surface area (Å²) in [6, 6.07) is 7.93. The summed E-state index contributed by atoms with van der Waals surface area (Å²) in [6.07, 6.45) is 3.52. The first kappa shape index (κ1) is 24.5.